The zero-order valence-electron chi connectivity index (χ0n) is 13.3. The van der Waals surface area contributed by atoms with E-state index in [1.165, 1.54) is 21.8 Å². The molecule has 0 spiro atoms. The van der Waals surface area contributed by atoms with Gasteiger partial charge < -0.3 is 5.32 Å². The van der Waals surface area contributed by atoms with Crippen LogP contribution in [0.1, 0.15) is 11.1 Å². The average Bonchev–Trinajstić information content (AvgIpc) is 2.51. The summed E-state index contributed by atoms with van der Waals surface area (Å²) in [5.41, 5.74) is 3.97. The summed E-state index contributed by atoms with van der Waals surface area (Å²) < 4.78 is 3.26. The highest BCUT2D eigenvalue weighted by Crippen LogP contribution is 2.11. The Labute approximate surface area is 133 Å². The van der Waals surface area contributed by atoms with Crippen LogP contribution in [0.5, 0.6) is 0 Å². The van der Waals surface area contributed by atoms with E-state index in [4.69, 9.17) is 0 Å². The molecule has 0 unspecified atom stereocenters. The fraction of sp³-hybridized carbons (Fsp3) is 0.294. The molecule has 120 valence electrons. The minimum atomic E-state index is -0.0709. The van der Waals surface area contributed by atoms with Crippen molar-refractivity contribution in [3.63, 3.8) is 0 Å². The summed E-state index contributed by atoms with van der Waals surface area (Å²) in [5, 5.41) is 5.93. The predicted molar refractivity (Wildman–Crippen MR) is 89.4 cm³/mol. The molecular formula is C17H20N4O2. The van der Waals surface area contributed by atoms with Gasteiger partial charge in [-0.15, -0.1) is 0 Å². The topological polar surface area (TPSA) is 71.8 Å². The maximum atomic E-state index is 12.0. The van der Waals surface area contributed by atoms with Crippen molar-refractivity contribution in [1.82, 2.24) is 19.7 Å². The molecule has 3 rings (SSSR count). The molecule has 2 heterocycles. The number of aromatic amines is 1. The highest BCUT2D eigenvalue weighted by Gasteiger charge is 2.11. The van der Waals surface area contributed by atoms with Gasteiger partial charge in [-0.1, -0.05) is 29.8 Å². The van der Waals surface area contributed by atoms with E-state index in [0.29, 0.717) is 6.54 Å². The molecular weight excluding hydrogens is 292 g/mol. The number of rotatable bonds is 5. The van der Waals surface area contributed by atoms with Gasteiger partial charge >= 0.3 is 0 Å². The predicted octanol–water partition coefficient (Wildman–Crippen LogP) is 1.34. The van der Waals surface area contributed by atoms with Gasteiger partial charge in [-0.3, -0.25) is 23.9 Å². The standard InChI is InChI=1S/C17H20N4O2/c1-12-3-5-13(6-4-12)9-10-18-15(22)11-21-14-7-8-16(23)20(2)17(14)19-21/h3-8,19H,9-11H2,1-2H3,(H,18,22). The van der Waals surface area contributed by atoms with Crippen molar-refractivity contribution in [1.29, 1.82) is 0 Å². The summed E-state index contributed by atoms with van der Waals surface area (Å²) in [4.78, 5) is 23.5. The van der Waals surface area contributed by atoms with E-state index in [1.807, 2.05) is 0 Å². The lowest BCUT2D eigenvalue weighted by Crippen LogP contribution is -2.32. The number of nitrogens with zero attached hydrogens (tertiary/aromatic N) is 2. The first-order valence-electron chi connectivity index (χ1n) is 7.61. The van der Waals surface area contributed by atoms with Crippen LogP contribution in [0.3, 0.4) is 0 Å². The Kier molecular flexibility index (Phi) is 4.06. The third-order valence-electron chi connectivity index (χ3n) is 3.98. The minimum absolute atomic E-state index is 0.0517. The van der Waals surface area contributed by atoms with Crippen molar-refractivity contribution in [3.05, 3.63) is 57.9 Å². The summed E-state index contributed by atoms with van der Waals surface area (Å²) in [7, 11) is 1.70. The molecule has 0 saturated carbocycles. The van der Waals surface area contributed by atoms with Gasteiger partial charge in [-0.05, 0) is 25.0 Å². The number of carbonyl (C=O) groups is 1. The SMILES string of the molecule is Cc1ccc(CCNC(=O)Cn2[nH]c3c2ccc(=O)n3C)cc1. The van der Waals surface area contributed by atoms with Crippen LogP contribution in [0.4, 0.5) is 0 Å². The van der Waals surface area contributed by atoms with E-state index in [2.05, 4.69) is 41.6 Å². The minimum Gasteiger partial charge on any atom is -0.354 e. The molecule has 3 aromatic rings. The summed E-state index contributed by atoms with van der Waals surface area (Å²) in [6.07, 6.45) is 0.810. The smallest absolute Gasteiger partial charge is 0.251 e. The van der Waals surface area contributed by atoms with Gasteiger partial charge in [0.05, 0.1) is 0 Å². The van der Waals surface area contributed by atoms with Crippen LogP contribution in [0.25, 0.3) is 11.2 Å². The number of aromatic nitrogens is 3. The number of carbonyl (C=O) groups excluding carboxylic acids is 1. The summed E-state index contributed by atoms with van der Waals surface area (Å²) in [6, 6.07) is 11.5. The number of aryl methyl sites for hydroxylation is 2. The van der Waals surface area contributed by atoms with Crippen LogP contribution in [0.2, 0.25) is 0 Å². The Balaban J connectivity index is 1.54. The average molecular weight is 312 g/mol. The van der Waals surface area contributed by atoms with Crippen molar-refractivity contribution in [3.8, 4) is 0 Å². The Bertz CT molecular complexity index is 884. The lowest BCUT2D eigenvalue weighted by Gasteiger charge is -2.18. The Hall–Kier alpha value is -2.76. The largest absolute Gasteiger partial charge is 0.354 e. The number of fused-ring (bicyclic) bond motifs is 1. The van der Waals surface area contributed by atoms with Gasteiger partial charge in [0.1, 0.15) is 12.1 Å². The molecule has 0 radical (unpaired) electrons. The van der Waals surface area contributed by atoms with Crippen LogP contribution in [0.15, 0.2) is 41.2 Å². The summed E-state index contributed by atoms with van der Waals surface area (Å²) in [5.74, 6) is -0.0517. The number of benzene rings is 1. The molecule has 0 saturated heterocycles. The molecule has 0 atom stereocenters. The molecule has 1 amide bonds. The molecule has 0 fully saturated rings. The first-order valence-corrected chi connectivity index (χ1v) is 7.61. The highest BCUT2D eigenvalue weighted by atomic mass is 16.2. The van der Waals surface area contributed by atoms with Gasteiger partial charge in [0.25, 0.3) is 5.56 Å². The lowest BCUT2D eigenvalue weighted by atomic mass is 10.1. The number of amides is 1. The Morgan fingerprint density at radius 1 is 1.17 bits per heavy atom. The molecule has 6 heteroatoms. The van der Waals surface area contributed by atoms with Crippen LogP contribution < -0.4 is 10.9 Å². The zero-order valence-corrected chi connectivity index (χ0v) is 13.3. The monoisotopic (exact) mass is 312 g/mol. The molecule has 2 aromatic heterocycles. The molecule has 23 heavy (non-hydrogen) atoms. The fourth-order valence-electron chi connectivity index (χ4n) is 2.53. The number of hydrogen-bond donors (Lipinski definition) is 2. The number of hydrogen-bond acceptors (Lipinski definition) is 2. The maximum absolute atomic E-state index is 12.0. The highest BCUT2D eigenvalue weighted by molar-refractivity contribution is 5.80. The molecule has 0 bridgehead atoms. The fourth-order valence-corrected chi connectivity index (χ4v) is 2.53. The van der Waals surface area contributed by atoms with Crippen molar-refractivity contribution < 1.29 is 4.79 Å². The van der Waals surface area contributed by atoms with Crippen molar-refractivity contribution in [2.45, 2.75) is 19.9 Å². The van der Waals surface area contributed by atoms with E-state index in [1.54, 1.807) is 17.8 Å². The van der Waals surface area contributed by atoms with Gasteiger partial charge in [0, 0.05) is 19.7 Å². The van der Waals surface area contributed by atoms with Gasteiger partial charge in [-0.25, -0.2) is 0 Å². The number of H-pyrrole nitrogens is 1. The molecule has 0 aliphatic carbocycles. The van der Waals surface area contributed by atoms with Gasteiger partial charge in [0.15, 0.2) is 5.65 Å². The Morgan fingerprint density at radius 3 is 2.65 bits per heavy atom. The second-order valence-electron chi connectivity index (χ2n) is 5.75. The van der Waals surface area contributed by atoms with E-state index < -0.39 is 0 Å². The van der Waals surface area contributed by atoms with E-state index >= 15 is 0 Å². The first-order chi connectivity index (χ1) is 11.0. The van der Waals surface area contributed by atoms with Crippen molar-refractivity contribution in [2.75, 3.05) is 6.54 Å². The number of nitrogens with one attached hydrogen (secondary N) is 2. The summed E-state index contributed by atoms with van der Waals surface area (Å²) >= 11 is 0. The second kappa shape index (κ2) is 6.16. The maximum Gasteiger partial charge on any atom is 0.251 e. The third kappa shape index (κ3) is 3.21. The Morgan fingerprint density at radius 2 is 1.91 bits per heavy atom. The molecule has 1 aromatic carbocycles. The van der Waals surface area contributed by atoms with E-state index in [9.17, 15) is 9.59 Å². The quantitative estimate of drug-likeness (QED) is 0.746. The van der Waals surface area contributed by atoms with Gasteiger partial charge in [-0.2, -0.15) is 0 Å². The van der Waals surface area contributed by atoms with Crippen LogP contribution >= 0.6 is 0 Å². The molecule has 0 aliphatic rings. The van der Waals surface area contributed by atoms with Crippen LogP contribution in [0, 0.1) is 6.92 Å². The van der Waals surface area contributed by atoms with Crippen molar-refractivity contribution >= 4 is 17.1 Å². The normalized spacial score (nSPS) is 11.0. The van der Waals surface area contributed by atoms with Crippen LogP contribution in [-0.2, 0) is 24.8 Å². The first kappa shape index (κ1) is 15.1. The second-order valence-corrected chi connectivity index (χ2v) is 5.75. The molecule has 6 nitrogen and oxygen atoms in total. The third-order valence-corrected chi connectivity index (χ3v) is 3.98. The van der Waals surface area contributed by atoms with Crippen LogP contribution in [-0.4, -0.2) is 26.8 Å². The molecule has 0 aliphatic heterocycles. The number of pyridine rings is 1. The van der Waals surface area contributed by atoms with E-state index in [-0.39, 0.29) is 18.0 Å². The van der Waals surface area contributed by atoms with E-state index in [0.717, 1.165) is 17.6 Å². The van der Waals surface area contributed by atoms with Gasteiger partial charge in [0.2, 0.25) is 5.91 Å². The van der Waals surface area contributed by atoms with Crippen molar-refractivity contribution in [2.24, 2.45) is 7.05 Å². The summed E-state index contributed by atoms with van der Waals surface area (Å²) in [6.45, 7) is 2.88. The lowest BCUT2D eigenvalue weighted by molar-refractivity contribution is -0.121. The molecule has 2 N–H and O–H groups in total. The zero-order chi connectivity index (χ0) is 16.4.